The minimum Gasteiger partial charge on any atom is -0.307 e. The molecule has 1 aliphatic heterocycles. The molecule has 0 unspecified atom stereocenters. The molecule has 0 atom stereocenters. The smallest absolute Gasteiger partial charge is 0.257 e. The van der Waals surface area contributed by atoms with E-state index in [1.165, 1.54) is 16.0 Å². The molecule has 5 heterocycles. The zero-order chi connectivity index (χ0) is 23.3. The Kier molecular flexibility index (Phi) is 5.33. The van der Waals surface area contributed by atoms with Crippen LogP contribution in [-0.2, 0) is 32.0 Å². The van der Waals surface area contributed by atoms with Gasteiger partial charge in [-0.15, -0.1) is 11.3 Å². The highest BCUT2D eigenvalue weighted by Gasteiger charge is 2.25. The van der Waals surface area contributed by atoms with Crippen molar-refractivity contribution in [2.45, 2.75) is 52.6 Å². The van der Waals surface area contributed by atoms with Gasteiger partial charge in [0.25, 0.3) is 5.91 Å². The minimum absolute atomic E-state index is 0.0607. The maximum atomic E-state index is 13.1. The van der Waals surface area contributed by atoms with Crippen LogP contribution in [0.1, 0.15) is 58.5 Å². The predicted octanol–water partition coefficient (Wildman–Crippen LogP) is 4.17. The van der Waals surface area contributed by atoms with Gasteiger partial charge in [0.15, 0.2) is 5.65 Å². The summed E-state index contributed by atoms with van der Waals surface area (Å²) in [7, 11) is 1.86. The summed E-state index contributed by atoms with van der Waals surface area (Å²) in [6.45, 7) is 10.9. The quantitative estimate of drug-likeness (QED) is 0.474. The van der Waals surface area contributed by atoms with Crippen molar-refractivity contribution in [3.8, 4) is 0 Å². The Labute approximate surface area is 197 Å². The third-order valence-corrected chi connectivity index (χ3v) is 7.24. The molecular weight excluding hydrogens is 434 g/mol. The summed E-state index contributed by atoms with van der Waals surface area (Å²) in [4.78, 5) is 21.3. The first-order valence-electron chi connectivity index (χ1n) is 11.2. The van der Waals surface area contributed by atoms with Gasteiger partial charge in [0.05, 0.1) is 17.0 Å². The number of anilines is 1. The Morgan fingerprint density at radius 1 is 1.30 bits per heavy atom. The highest BCUT2D eigenvalue weighted by Crippen LogP contribution is 2.31. The summed E-state index contributed by atoms with van der Waals surface area (Å²) in [6, 6.07) is 4.13. The molecule has 4 aromatic heterocycles. The number of nitrogens with one attached hydrogen (secondary N) is 2. The Morgan fingerprint density at radius 2 is 2.12 bits per heavy atom. The van der Waals surface area contributed by atoms with E-state index in [2.05, 4.69) is 57.3 Å². The Balaban J connectivity index is 1.29. The highest BCUT2D eigenvalue weighted by molar-refractivity contribution is 7.10. The zero-order valence-electron chi connectivity index (χ0n) is 19.7. The van der Waals surface area contributed by atoms with Gasteiger partial charge in [0.2, 0.25) is 0 Å². The lowest BCUT2D eigenvalue weighted by Gasteiger charge is -2.27. The SMILES string of the molecule is Cc1n[nH]c2ncc(CN3CCc4c(C(=O)Nc5cc(C(C)(C)C)nn5C)csc4C3)cc12. The molecule has 1 aliphatic rings. The zero-order valence-corrected chi connectivity index (χ0v) is 20.5. The fourth-order valence-corrected chi connectivity index (χ4v) is 5.38. The summed E-state index contributed by atoms with van der Waals surface area (Å²) in [5.74, 6) is 0.661. The molecule has 2 N–H and O–H groups in total. The monoisotopic (exact) mass is 463 g/mol. The van der Waals surface area contributed by atoms with Crippen LogP contribution in [0.4, 0.5) is 5.82 Å². The Hall–Kier alpha value is -3.04. The molecule has 0 bridgehead atoms. The molecule has 5 rings (SSSR count). The third kappa shape index (κ3) is 4.18. The van der Waals surface area contributed by atoms with E-state index in [4.69, 9.17) is 0 Å². The average molecular weight is 464 g/mol. The summed E-state index contributed by atoms with van der Waals surface area (Å²) < 4.78 is 1.74. The molecule has 0 aromatic carbocycles. The van der Waals surface area contributed by atoms with Crippen LogP contribution in [0.5, 0.6) is 0 Å². The lowest BCUT2D eigenvalue weighted by molar-refractivity contribution is 0.102. The molecule has 0 saturated heterocycles. The largest absolute Gasteiger partial charge is 0.307 e. The number of rotatable bonds is 4. The number of nitrogens with zero attached hydrogens (tertiary/aromatic N) is 5. The topological polar surface area (TPSA) is 91.7 Å². The van der Waals surface area contributed by atoms with Crippen LogP contribution in [0.25, 0.3) is 11.0 Å². The molecule has 33 heavy (non-hydrogen) atoms. The number of thiophene rings is 1. The summed E-state index contributed by atoms with van der Waals surface area (Å²) in [5, 5.41) is 17.9. The third-order valence-electron chi connectivity index (χ3n) is 6.23. The first-order chi connectivity index (χ1) is 15.7. The summed E-state index contributed by atoms with van der Waals surface area (Å²) in [6.07, 6.45) is 2.78. The molecule has 1 amide bonds. The number of hydrogen-bond donors (Lipinski definition) is 2. The van der Waals surface area contributed by atoms with Crippen molar-refractivity contribution in [1.29, 1.82) is 0 Å². The number of aromatic amines is 1. The normalized spacial score (nSPS) is 14.6. The van der Waals surface area contributed by atoms with Gasteiger partial charge in [-0.1, -0.05) is 20.8 Å². The van der Waals surface area contributed by atoms with Crippen LogP contribution < -0.4 is 5.32 Å². The van der Waals surface area contributed by atoms with E-state index in [-0.39, 0.29) is 11.3 Å². The van der Waals surface area contributed by atoms with Crippen molar-refractivity contribution in [2.24, 2.45) is 7.05 Å². The molecule has 8 nitrogen and oxygen atoms in total. The number of hydrogen-bond acceptors (Lipinski definition) is 6. The molecular formula is C24H29N7OS. The molecule has 0 spiro atoms. The first kappa shape index (κ1) is 21.8. The number of carbonyl (C=O) groups excluding carboxylic acids is 1. The number of fused-ring (bicyclic) bond motifs is 2. The second-order valence-corrected chi connectivity index (χ2v) is 10.8. The summed E-state index contributed by atoms with van der Waals surface area (Å²) in [5.41, 5.74) is 5.82. The minimum atomic E-state index is -0.0674. The van der Waals surface area contributed by atoms with Gasteiger partial charge in [-0.2, -0.15) is 10.2 Å². The number of aryl methyl sites for hydroxylation is 2. The molecule has 0 aliphatic carbocycles. The van der Waals surface area contributed by atoms with Crippen LogP contribution >= 0.6 is 11.3 Å². The van der Waals surface area contributed by atoms with Crippen LogP contribution in [0.2, 0.25) is 0 Å². The van der Waals surface area contributed by atoms with Crippen molar-refractivity contribution < 1.29 is 4.79 Å². The summed E-state index contributed by atoms with van der Waals surface area (Å²) >= 11 is 1.67. The van der Waals surface area contributed by atoms with Crippen LogP contribution in [0.15, 0.2) is 23.7 Å². The molecule has 172 valence electrons. The van der Waals surface area contributed by atoms with Gasteiger partial charge in [-0.25, -0.2) is 4.98 Å². The number of amides is 1. The van der Waals surface area contributed by atoms with Gasteiger partial charge in [-0.05, 0) is 30.5 Å². The van der Waals surface area contributed by atoms with Gasteiger partial charge in [0, 0.05) is 60.0 Å². The number of pyridine rings is 1. The standard InChI is InChI=1S/C24H29N7OS/c1-14-17-8-15(10-25-22(17)28-27-14)11-31-7-6-16-18(13-33-19(16)12-31)23(32)26-21-9-20(24(2,3)4)29-30(21)5/h8-10,13H,6-7,11-12H2,1-5H3,(H,26,32)(H,25,27,28). The van der Waals surface area contributed by atoms with E-state index < -0.39 is 0 Å². The van der Waals surface area contributed by atoms with Crippen LogP contribution in [0.3, 0.4) is 0 Å². The number of H-pyrrole nitrogens is 1. The predicted molar refractivity (Wildman–Crippen MR) is 131 cm³/mol. The van der Waals surface area contributed by atoms with E-state index >= 15 is 0 Å². The van der Waals surface area contributed by atoms with Gasteiger partial charge < -0.3 is 5.32 Å². The maximum absolute atomic E-state index is 13.1. The van der Waals surface area contributed by atoms with E-state index in [0.717, 1.165) is 59.9 Å². The van der Waals surface area contributed by atoms with E-state index in [9.17, 15) is 4.79 Å². The molecule has 0 radical (unpaired) electrons. The van der Waals surface area contributed by atoms with Crippen molar-refractivity contribution in [1.82, 2.24) is 29.9 Å². The van der Waals surface area contributed by atoms with Crippen molar-refractivity contribution in [3.05, 3.63) is 56.7 Å². The molecule has 0 fully saturated rings. The van der Waals surface area contributed by atoms with E-state index in [0.29, 0.717) is 0 Å². The molecule has 9 heteroatoms. The lowest BCUT2D eigenvalue weighted by Crippen LogP contribution is -2.30. The molecule has 4 aromatic rings. The van der Waals surface area contributed by atoms with E-state index in [1.54, 1.807) is 16.0 Å². The number of carbonyl (C=O) groups is 1. The average Bonchev–Trinajstić information content (AvgIpc) is 3.45. The Morgan fingerprint density at radius 3 is 2.88 bits per heavy atom. The van der Waals surface area contributed by atoms with E-state index in [1.807, 2.05) is 31.6 Å². The first-order valence-corrected chi connectivity index (χ1v) is 12.0. The maximum Gasteiger partial charge on any atom is 0.257 e. The van der Waals surface area contributed by atoms with Gasteiger partial charge in [-0.3, -0.25) is 19.5 Å². The Bertz CT molecular complexity index is 1340. The lowest BCUT2D eigenvalue weighted by atomic mass is 9.92. The van der Waals surface area contributed by atoms with Gasteiger partial charge >= 0.3 is 0 Å². The fourth-order valence-electron chi connectivity index (χ4n) is 4.26. The number of aromatic nitrogens is 5. The second-order valence-electron chi connectivity index (χ2n) is 9.80. The fraction of sp³-hybridized carbons (Fsp3) is 0.417. The van der Waals surface area contributed by atoms with Gasteiger partial charge in [0.1, 0.15) is 5.82 Å². The van der Waals surface area contributed by atoms with Crippen molar-refractivity contribution in [2.75, 3.05) is 11.9 Å². The van der Waals surface area contributed by atoms with Crippen molar-refractivity contribution in [3.63, 3.8) is 0 Å². The van der Waals surface area contributed by atoms with Crippen LogP contribution in [0, 0.1) is 6.92 Å². The van der Waals surface area contributed by atoms with Crippen molar-refractivity contribution >= 4 is 34.1 Å². The highest BCUT2D eigenvalue weighted by atomic mass is 32.1. The molecule has 0 saturated carbocycles. The second kappa shape index (κ2) is 8.07. The van der Waals surface area contributed by atoms with Crippen LogP contribution in [-0.4, -0.2) is 42.3 Å².